The summed E-state index contributed by atoms with van der Waals surface area (Å²) in [5, 5.41) is 20.8. The summed E-state index contributed by atoms with van der Waals surface area (Å²) in [5.74, 6) is -2.73. The monoisotopic (exact) mass is 225 g/mol. The zero-order valence-electron chi connectivity index (χ0n) is 8.03. The lowest BCUT2D eigenvalue weighted by Gasteiger charge is -2.17. The molecular formula is C10H8FNO4. The predicted molar refractivity (Wildman–Crippen MR) is 51.2 cm³/mol. The average molecular weight is 225 g/mol. The minimum absolute atomic E-state index is 0.0845. The number of aliphatic carboxylic acids is 1. The van der Waals surface area contributed by atoms with E-state index in [1.165, 1.54) is 6.07 Å². The summed E-state index contributed by atoms with van der Waals surface area (Å²) in [6.07, 6.45) is -0.753. The number of carbonyl (C=O) groups excluding carboxylic acids is 1. The summed E-state index contributed by atoms with van der Waals surface area (Å²) in [7, 11) is 0. The van der Waals surface area contributed by atoms with E-state index in [2.05, 4.69) is 5.32 Å². The number of amides is 1. The molecule has 1 aliphatic heterocycles. The number of rotatable bonds is 2. The lowest BCUT2D eigenvalue weighted by molar-refractivity contribution is -0.149. The molecule has 0 bridgehead atoms. The first-order valence-corrected chi connectivity index (χ1v) is 4.49. The molecule has 0 aliphatic carbocycles. The van der Waals surface area contributed by atoms with Gasteiger partial charge in [-0.05, 0) is 12.1 Å². The number of carbonyl (C=O) groups is 2. The van der Waals surface area contributed by atoms with Crippen molar-refractivity contribution in [2.75, 3.05) is 5.32 Å². The molecule has 0 fully saturated rings. The maximum absolute atomic E-state index is 12.9. The van der Waals surface area contributed by atoms with Gasteiger partial charge in [0.15, 0.2) is 5.60 Å². The van der Waals surface area contributed by atoms with E-state index in [0.717, 1.165) is 12.1 Å². The summed E-state index contributed by atoms with van der Waals surface area (Å²) in [5.41, 5.74) is -1.93. The molecule has 84 valence electrons. The molecule has 0 saturated heterocycles. The number of halogens is 1. The molecule has 1 atom stereocenters. The number of hydrogen-bond acceptors (Lipinski definition) is 3. The van der Waals surface area contributed by atoms with Gasteiger partial charge < -0.3 is 15.5 Å². The number of carboxylic acid groups (broad SMARTS) is 1. The van der Waals surface area contributed by atoms with Crippen LogP contribution in [0.5, 0.6) is 0 Å². The molecular weight excluding hydrogens is 217 g/mol. The summed E-state index contributed by atoms with van der Waals surface area (Å²) in [6, 6.07) is 3.30. The molecule has 1 unspecified atom stereocenters. The van der Waals surface area contributed by atoms with Crippen LogP contribution in [0.4, 0.5) is 10.1 Å². The van der Waals surface area contributed by atoms with Crippen LogP contribution in [0.1, 0.15) is 12.0 Å². The van der Waals surface area contributed by atoms with Crippen molar-refractivity contribution in [1.29, 1.82) is 0 Å². The molecule has 1 aromatic rings. The molecule has 1 aliphatic rings. The third kappa shape index (κ3) is 1.43. The summed E-state index contributed by atoms with van der Waals surface area (Å²) in [6.45, 7) is 0. The quantitative estimate of drug-likeness (QED) is 0.681. The van der Waals surface area contributed by atoms with Crippen LogP contribution < -0.4 is 5.32 Å². The number of fused-ring (bicyclic) bond motifs is 1. The highest BCUT2D eigenvalue weighted by molar-refractivity contribution is 6.06. The van der Waals surface area contributed by atoms with Gasteiger partial charge in [0.25, 0.3) is 5.91 Å². The van der Waals surface area contributed by atoms with Gasteiger partial charge in [0.05, 0.1) is 12.1 Å². The van der Waals surface area contributed by atoms with Gasteiger partial charge in [-0.1, -0.05) is 6.07 Å². The molecule has 0 radical (unpaired) electrons. The average Bonchev–Trinajstić information content (AvgIpc) is 2.37. The standard InChI is InChI=1S/C10H8FNO4/c11-5-1-2-6-7(3-5)12-9(15)10(6,16)4-8(13)14/h1-3,16H,4H2,(H,12,15)(H,13,14). The number of hydrogen-bond donors (Lipinski definition) is 3. The molecule has 1 aromatic carbocycles. The van der Waals surface area contributed by atoms with Crippen molar-refractivity contribution in [3.63, 3.8) is 0 Å². The normalized spacial score (nSPS) is 22.8. The molecule has 3 N–H and O–H groups in total. The van der Waals surface area contributed by atoms with Crippen LogP contribution in [0.15, 0.2) is 18.2 Å². The van der Waals surface area contributed by atoms with Gasteiger partial charge in [-0.3, -0.25) is 9.59 Å². The minimum atomic E-state index is -2.12. The fraction of sp³-hybridized carbons (Fsp3) is 0.200. The van der Waals surface area contributed by atoms with Crippen LogP contribution in [-0.2, 0) is 15.2 Å². The van der Waals surface area contributed by atoms with Crippen molar-refractivity contribution in [2.45, 2.75) is 12.0 Å². The van der Waals surface area contributed by atoms with Crippen LogP contribution in [0.3, 0.4) is 0 Å². The van der Waals surface area contributed by atoms with Gasteiger partial charge in [-0.2, -0.15) is 0 Å². The van der Waals surface area contributed by atoms with Gasteiger partial charge in [0, 0.05) is 5.56 Å². The molecule has 1 heterocycles. The second kappa shape index (κ2) is 3.28. The first-order chi connectivity index (χ1) is 7.43. The third-order valence-electron chi connectivity index (χ3n) is 2.46. The van der Waals surface area contributed by atoms with E-state index >= 15 is 0 Å². The van der Waals surface area contributed by atoms with Gasteiger partial charge in [0.2, 0.25) is 0 Å². The Kier molecular flexibility index (Phi) is 2.16. The van der Waals surface area contributed by atoms with Crippen molar-refractivity contribution in [2.24, 2.45) is 0 Å². The van der Waals surface area contributed by atoms with Crippen molar-refractivity contribution in [3.05, 3.63) is 29.6 Å². The number of nitrogens with one attached hydrogen (secondary N) is 1. The van der Waals surface area contributed by atoms with Crippen LogP contribution in [-0.4, -0.2) is 22.1 Å². The molecule has 0 spiro atoms. The van der Waals surface area contributed by atoms with Gasteiger partial charge in [-0.15, -0.1) is 0 Å². The fourth-order valence-electron chi connectivity index (χ4n) is 1.72. The smallest absolute Gasteiger partial charge is 0.307 e. The van der Waals surface area contributed by atoms with E-state index in [0.29, 0.717) is 0 Å². The molecule has 0 saturated carbocycles. The van der Waals surface area contributed by atoms with E-state index in [-0.39, 0.29) is 11.3 Å². The van der Waals surface area contributed by atoms with Crippen molar-refractivity contribution in [3.8, 4) is 0 Å². The molecule has 5 nitrogen and oxygen atoms in total. The number of anilines is 1. The van der Waals surface area contributed by atoms with Crippen molar-refractivity contribution < 1.29 is 24.2 Å². The van der Waals surface area contributed by atoms with Crippen LogP contribution in [0.2, 0.25) is 0 Å². The molecule has 2 rings (SSSR count). The molecule has 0 aromatic heterocycles. The topological polar surface area (TPSA) is 86.6 Å². The highest BCUT2D eigenvalue weighted by Gasteiger charge is 2.46. The van der Waals surface area contributed by atoms with Crippen molar-refractivity contribution in [1.82, 2.24) is 0 Å². The van der Waals surface area contributed by atoms with Gasteiger partial charge in [0.1, 0.15) is 5.82 Å². The highest BCUT2D eigenvalue weighted by atomic mass is 19.1. The van der Waals surface area contributed by atoms with E-state index in [1.54, 1.807) is 0 Å². The Morgan fingerprint density at radius 1 is 1.50 bits per heavy atom. The summed E-state index contributed by atoms with van der Waals surface area (Å²) in [4.78, 5) is 22.0. The zero-order valence-corrected chi connectivity index (χ0v) is 8.03. The Balaban J connectivity index is 2.51. The number of aliphatic hydroxyl groups is 1. The van der Waals surface area contributed by atoms with Crippen molar-refractivity contribution >= 4 is 17.6 Å². The molecule has 16 heavy (non-hydrogen) atoms. The minimum Gasteiger partial charge on any atom is -0.481 e. The van der Waals surface area contributed by atoms with Gasteiger partial charge >= 0.3 is 5.97 Å². The molecule has 1 amide bonds. The van der Waals surface area contributed by atoms with E-state index < -0.39 is 29.7 Å². The summed E-state index contributed by atoms with van der Waals surface area (Å²) < 4.78 is 12.9. The Bertz CT molecular complexity index is 488. The van der Waals surface area contributed by atoms with E-state index in [9.17, 15) is 19.1 Å². The second-order valence-electron chi connectivity index (χ2n) is 3.57. The lowest BCUT2D eigenvalue weighted by Crippen LogP contribution is -2.36. The van der Waals surface area contributed by atoms with E-state index in [4.69, 9.17) is 5.11 Å². The highest BCUT2D eigenvalue weighted by Crippen LogP contribution is 2.38. The Labute approximate surface area is 89.5 Å². The van der Waals surface area contributed by atoms with Crippen LogP contribution in [0, 0.1) is 5.82 Å². The van der Waals surface area contributed by atoms with Crippen LogP contribution >= 0.6 is 0 Å². The lowest BCUT2D eigenvalue weighted by atomic mass is 9.92. The Morgan fingerprint density at radius 3 is 2.81 bits per heavy atom. The zero-order chi connectivity index (χ0) is 11.9. The van der Waals surface area contributed by atoms with Crippen LogP contribution in [0.25, 0.3) is 0 Å². The maximum atomic E-state index is 12.9. The Hall–Kier alpha value is -1.95. The maximum Gasteiger partial charge on any atom is 0.307 e. The summed E-state index contributed by atoms with van der Waals surface area (Å²) >= 11 is 0. The SMILES string of the molecule is O=C(O)CC1(O)C(=O)Nc2cc(F)ccc21. The largest absolute Gasteiger partial charge is 0.481 e. The predicted octanol–water partition coefficient (Wildman–Crippen LogP) is 0.440. The third-order valence-corrected chi connectivity index (χ3v) is 2.46. The van der Waals surface area contributed by atoms with Gasteiger partial charge in [-0.25, -0.2) is 4.39 Å². The molecule has 6 heteroatoms. The number of benzene rings is 1. The van der Waals surface area contributed by atoms with E-state index in [1.807, 2.05) is 0 Å². The first kappa shape index (κ1) is 10.6. The number of carboxylic acids is 1. The fourth-order valence-corrected chi connectivity index (χ4v) is 1.72. The Morgan fingerprint density at radius 2 is 2.19 bits per heavy atom. The first-order valence-electron chi connectivity index (χ1n) is 4.49. The second-order valence-corrected chi connectivity index (χ2v) is 3.57.